The van der Waals surface area contributed by atoms with Gasteiger partial charge in [0.05, 0.1) is 6.61 Å². The predicted octanol–water partition coefficient (Wildman–Crippen LogP) is 5.97. The number of hydrogen-bond acceptors (Lipinski definition) is 4. The van der Waals surface area contributed by atoms with Crippen molar-refractivity contribution >= 4 is 29.2 Å². The summed E-state index contributed by atoms with van der Waals surface area (Å²) in [6, 6.07) is 4.25. The van der Waals surface area contributed by atoms with Crippen LogP contribution in [0.5, 0.6) is 0 Å². The third kappa shape index (κ3) is 10.9. The van der Waals surface area contributed by atoms with Gasteiger partial charge in [-0.2, -0.15) is 0 Å². The minimum absolute atomic E-state index is 0.0820. The first-order chi connectivity index (χ1) is 12.2. The fourth-order valence-electron chi connectivity index (χ4n) is 2.58. The molecule has 0 saturated heterocycles. The number of rotatable bonds is 14. The van der Waals surface area contributed by atoms with Crippen LogP contribution in [0.4, 0.5) is 0 Å². The summed E-state index contributed by atoms with van der Waals surface area (Å²) in [4.78, 5) is 25.5. The summed E-state index contributed by atoms with van der Waals surface area (Å²) < 4.78 is 4.92. The Morgan fingerprint density at radius 3 is 2.52 bits per heavy atom. The van der Waals surface area contributed by atoms with Crippen LogP contribution >= 0.6 is 11.3 Å². The number of esters is 1. The number of allylic oxidation sites excluding steroid dienone is 1. The summed E-state index contributed by atoms with van der Waals surface area (Å²) in [5.74, 6) is 0.145. The highest BCUT2D eigenvalue weighted by atomic mass is 32.1. The number of unbranched alkanes of at least 4 members (excludes halogenated alkanes) is 5. The quantitative estimate of drug-likeness (QED) is 0.232. The fraction of sp³-hybridized carbons (Fsp3) is 0.619. The van der Waals surface area contributed by atoms with Crippen molar-refractivity contribution in [2.24, 2.45) is 0 Å². The van der Waals surface area contributed by atoms with Crippen molar-refractivity contribution in [3.63, 3.8) is 0 Å². The van der Waals surface area contributed by atoms with E-state index in [0.29, 0.717) is 19.4 Å². The molecule has 0 spiro atoms. The van der Waals surface area contributed by atoms with Crippen LogP contribution in [0.3, 0.4) is 0 Å². The first-order valence-electron chi connectivity index (χ1n) is 9.61. The van der Waals surface area contributed by atoms with E-state index in [-0.39, 0.29) is 11.8 Å². The highest BCUT2D eigenvalue weighted by molar-refractivity contribution is 7.12. The zero-order valence-corrected chi connectivity index (χ0v) is 16.5. The summed E-state index contributed by atoms with van der Waals surface area (Å²) >= 11 is 1.77. The molecule has 0 aliphatic heterocycles. The molecule has 0 radical (unpaired) electrons. The van der Waals surface area contributed by atoms with Crippen LogP contribution in [0.25, 0.3) is 6.08 Å². The molecule has 1 aromatic heterocycles. The molecule has 0 aromatic carbocycles. The average molecular weight is 365 g/mol. The van der Waals surface area contributed by atoms with Crippen LogP contribution in [0, 0.1) is 0 Å². The van der Waals surface area contributed by atoms with Crippen LogP contribution in [0.2, 0.25) is 0 Å². The molecular weight excluding hydrogens is 332 g/mol. The Morgan fingerprint density at radius 2 is 1.76 bits per heavy atom. The van der Waals surface area contributed by atoms with Crippen LogP contribution < -0.4 is 0 Å². The average Bonchev–Trinajstić information content (AvgIpc) is 3.04. The lowest BCUT2D eigenvalue weighted by molar-refractivity contribution is -0.143. The van der Waals surface area contributed by atoms with Gasteiger partial charge in [-0.15, -0.1) is 11.3 Å². The number of ketones is 1. The highest BCUT2D eigenvalue weighted by Crippen LogP contribution is 2.20. The molecule has 1 rings (SSSR count). The van der Waals surface area contributed by atoms with E-state index in [1.165, 1.54) is 4.88 Å². The van der Waals surface area contributed by atoms with Gasteiger partial charge in [0.15, 0.2) is 5.78 Å². The number of hydrogen-bond donors (Lipinski definition) is 0. The van der Waals surface area contributed by atoms with Gasteiger partial charge in [0.1, 0.15) is 0 Å². The van der Waals surface area contributed by atoms with E-state index >= 15 is 0 Å². The van der Waals surface area contributed by atoms with Gasteiger partial charge in [0.25, 0.3) is 0 Å². The van der Waals surface area contributed by atoms with Crippen LogP contribution in [0.1, 0.15) is 81.4 Å². The zero-order chi connectivity index (χ0) is 18.3. The highest BCUT2D eigenvalue weighted by Gasteiger charge is 2.02. The van der Waals surface area contributed by atoms with Crippen molar-refractivity contribution in [2.75, 3.05) is 6.61 Å². The number of carbonyl (C=O) groups is 2. The lowest BCUT2D eigenvalue weighted by Crippen LogP contribution is -2.03. The van der Waals surface area contributed by atoms with Gasteiger partial charge in [-0.25, -0.2) is 0 Å². The zero-order valence-electron chi connectivity index (χ0n) is 15.7. The second-order valence-electron chi connectivity index (χ2n) is 6.28. The summed E-state index contributed by atoms with van der Waals surface area (Å²) in [5, 5.41) is 0. The number of carbonyl (C=O) groups excluding carboxylic acids is 2. The van der Waals surface area contributed by atoms with E-state index in [4.69, 9.17) is 4.74 Å². The Morgan fingerprint density at radius 1 is 1.00 bits per heavy atom. The normalized spacial score (nSPS) is 11.1. The molecule has 1 aromatic rings. The summed E-state index contributed by atoms with van der Waals surface area (Å²) in [6.07, 6.45) is 13.5. The van der Waals surface area contributed by atoms with Crippen molar-refractivity contribution in [3.05, 3.63) is 28.0 Å². The molecule has 0 bridgehead atoms. The third-order valence-corrected chi connectivity index (χ3v) is 5.11. The van der Waals surface area contributed by atoms with Crippen molar-refractivity contribution in [3.8, 4) is 0 Å². The van der Waals surface area contributed by atoms with E-state index in [2.05, 4.69) is 19.1 Å². The first-order valence-corrected chi connectivity index (χ1v) is 10.4. The van der Waals surface area contributed by atoms with Crippen molar-refractivity contribution in [2.45, 2.75) is 78.1 Å². The topological polar surface area (TPSA) is 43.4 Å². The van der Waals surface area contributed by atoms with Crippen molar-refractivity contribution in [1.29, 1.82) is 0 Å². The van der Waals surface area contributed by atoms with E-state index < -0.39 is 0 Å². The minimum atomic E-state index is -0.0820. The molecule has 1 heterocycles. The number of ether oxygens (including phenoxy) is 1. The molecular formula is C21H32O3S. The molecule has 0 aliphatic carbocycles. The Kier molecular flexibility index (Phi) is 12.0. The third-order valence-electron chi connectivity index (χ3n) is 4.00. The van der Waals surface area contributed by atoms with Gasteiger partial charge in [0, 0.05) is 22.6 Å². The molecule has 0 amide bonds. The van der Waals surface area contributed by atoms with Gasteiger partial charge < -0.3 is 4.74 Å². The summed E-state index contributed by atoms with van der Waals surface area (Å²) in [7, 11) is 0. The van der Waals surface area contributed by atoms with E-state index in [1.807, 2.05) is 13.0 Å². The molecule has 0 atom stereocenters. The van der Waals surface area contributed by atoms with Crippen LogP contribution in [-0.4, -0.2) is 18.4 Å². The minimum Gasteiger partial charge on any atom is -0.466 e. The van der Waals surface area contributed by atoms with Gasteiger partial charge in [-0.05, 0) is 56.9 Å². The fourth-order valence-corrected chi connectivity index (χ4v) is 3.54. The SMILES string of the molecule is CCCCCC(=O)C=Cc1ccc(CCCCCCC(=O)OCC)s1. The maximum Gasteiger partial charge on any atom is 0.305 e. The molecule has 140 valence electrons. The lowest BCUT2D eigenvalue weighted by Gasteiger charge is -2.01. The Bertz CT molecular complexity index is 531. The molecule has 4 heteroatoms. The van der Waals surface area contributed by atoms with Gasteiger partial charge in [0.2, 0.25) is 0 Å². The standard InChI is InChI=1S/C21H32O3S/c1-3-5-8-11-18(22)14-15-20-17-16-19(25-20)12-9-6-7-10-13-21(23)24-4-2/h14-17H,3-13H2,1-2H3. The van der Waals surface area contributed by atoms with Crippen LogP contribution in [-0.2, 0) is 20.7 Å². The van der Waals surface area contributed by atoms with Gasteiger partial charge in [-0.1, -0.05) is 32.6 Å². The molecule has 0 unspecified atom stereocenters. The van der Waals surface area contributed by atoms with Gasteiger partial charge in [-0.3, -0.25) is 9.59 Å². The first kappa shape index (κ1) is 21.6. The Balaban J connectivity index is 2.16. The number of aryl methyl sites for hydroxylation is 1. The monoisotopic (exact) mass is 364 g/mol. The molecule has 0 aliphatic rings. The Labute approximate surface area is 156 Å². The van der Waals surface area contributed by atoms with E-state index in [0.717, 1.165) is 56.2 Å². The number of thiophene rings is 1. The second-order valence-corrected chi connectivity index (χ2v) is 7.48. The molecule has 0 saturated carbocycles. The summed E-state index contributed by atoms with van der Waals surface area (Å²) in [6.45, 7) is 4.46. The molecule has 3 nitrogen and oxygen atoms in total. The van der Waals surface area contributed by atoms with Gasteiger partial charge >= 0.3 is 5.97 Å². The predicted molar refractivity (Wildman–Crippen MR) is 106 cm³/mol. The Hall–Kier alpha value is -1.42. The molecule has 25 heavy (non-hydrogen) atoms. The maximum atomic E-state index is 11.7. The van der Waals surface area contributed by atoms with Crippen molar-refractivity contribution in [1.82, 2.24) is 0 Å². The summed E-state index contributed by atoms with van der Waals surface area (Å²) in [5.41, 5.74) is 0. The second kappa shape index (κ2) is 13.8. The molecule has 0 fully saturated rings. The van der Waals surface area contributed by atoms with Crippen molar-refractivity contribution < 1.29 is 14.3 Å². The smallest absolute Gasteiger partial charge is 0.305 e. The maximum absolute atomic E-state index is 11.7. The van der Waals surface area contributed by atoms with Crippen LogP contribution in [0.15, 0.2) is 18.2 Å². The lowest BCUT2D eigenvalue weighted by atomic mass is 10.1. The van der Waals surface area contributed by atoms with E-state index in [1.54, 1.807) is 17.4 Å². The van der Waals surface area contributed by atoms with E-state index in [9.17, 15) is 9.59 Å². The molecule has 0 N–H and O–H groups in total. The largest absolute Gasteiger partial charge is 0.466 e.